The van der Waals surface area contributed by atoms with Crippen LogP contribution in [0, 0.1) is 13.7 Å². The van der Waals surface area contributed by atoms with E-state index in [0.717, 1.165) is 28.9 Å². The molecule has 6 heteroatoms. The molecular formula is C11H14IN3O2. The second-order valence-corrected chi connectivity index (χ2v) is 5.36. The first-order valence-electron chi connectivity index (χ1n) is 5.50. The van der Waals surface area contributed by atoms with Crippen molar-refractivity contribution in [2.24, 2.45) is 0 Å². The highest BCUT2D eigenvalue weighted by Gasteiger charge is 2.19. The molecule has 1 fully saturated rings. The second kappa shape index (κ2) is 5.18. The summed E-state index contributed by atoms with van der Waals surface area (Å²) in [5.74, 6) is 0. The molecule has 0 spiro atoms. The van der Waals surface area contributed by atoms with Gasteiger partial charge in [-0.05, 0) is 35.6 Å². The van der Waals surface area contributed by atoms with Crippen LogP contribution in [0.4, 0.5) is 11.4 Å². The van der Waals surface area contributed by atoms with E-state index in [0.29, 0.717) is 6.04 Å². The Morgan fingerprint density at radius 1 is 1.59 bits per heavy atom. The van der Waals surface area contributed by atoms with Gasteiger partial charge < -0.3 is 10.2 Å². The molecule has 1 aromatic carbocycles. The summed E-state index contributed by atoms with van der Waals surface area (Å²) in [6.07, 6.45) is 0. The number of nitrogens with one attached hydrogen (secondary N) is 1. The Labute approximate surface area is 113 Å². The number of rotatable bonds is 2. The van der Waals surface area contributed by atoms with Crippen molar-refractivity contribution in [1.82, 2.24) is 5.32 Å². The maximum Gasteiger partial charge on any atom is 0.270 e. The smallest absolute Gasteiger partial charge is 0.270 e. The fourth-order valence-corrected chi connectivity index (χ4v) is 2.86. The van der Waals surface area contributed by atoms with E-state index in [1.165, 1.54) is 0 Å². The topological polar surface area (TPSA) is 58.4 Å². The maximum absolute atomic E-state index is 10.7. The van der Waals surface area contributed by atoms with Gasteiger partial charge in [-0.2, -0.15) is 0 Å². The molecule has 2 rings (SSSR count). The van der Waals surface area contributed by atoms with Gasteiger partial charge in [0.2, 0.25) is 0 Å². The third kappa shape index (κ3) is 2.86. The fraction of sp³-hybridized carbons (Fsp3) is 0.455. The molecule has 1 atom stereocenters. The number of benzene rings is 1. The second-order valence-electron chi connectivity index (χ2n) is 4.19. The summed E-state index contributed by atoms with van der Waals surface area (Å²) in [5, 5.41) is 14.0. The highest BCUT2D eigenvalue weighted by Crippen LogP contribution is 2.27. The predicted octanol–water partition coefficient (Wildman–Crippen LogP) is 2.00. The molecule has 0 aromatic heterocycles. The van der Waals surface area contributed by atoms with Crippen molar-refractivity contribution in [3.8, 4) is 0 Å². The van der Waals surface area contributed by atoms with E-state index in [9.17, 15) is 10.1 Å². The van der Waals surface area contributed by atoms with Crippen molar-refractivity contribution in [2.45, 2.75) is 13.0 Å². The van der Waals surface area contributed by atoms with Gasteiger partial charge >= 0.3 is 0 Å². The molecule has 1 saturated heterocycles. The fourth-order valence-electron chi connectivity index (χ4n) is 2.02. The Bertz CT molecular complexity index is 439. The van der Waals surface area contributed by atoms with Gasteiger partial charge in [0.25, 0.3) is 5.69 Å². The molecule has 0 unspecified atom stereocenters. The molecule has 0 amide bonds. The Balaban J connectivity index is 2.23. The van der Waals surface area contributed by atoms with Crippen LogP contribution in [0.25, 0.3) is 0 Å². The Morgan fingerprint density at radius 2 is 2.35 bits per heavy atom. The number of hydrogen-bond acceptors (Lipinski definition) is 4. The van der Waals surface area contributed by atoms with Gasteiger partial charge in [-0.15, -0.1) is 0 Å². The van der Waals surface area contributed by atoms with Crippen LogP contribution >= 0.6 is 22.6 Å². The molecule has 17 heavy (non-hydrogen) atoms. The molecule has 1 aromatic rings. The summed E-state index contributed by atoms with van der Waals surface area (Å²) in [4.78, 5) is 12.6. The largest absolute Gasteiger partial charge is 0.368 e. The van der Waals surface area contributed by atoms with Gasteiger partial charge in [-0.25, -0.2) is 0 Å². The lowest BCUT2D eigenvalue weighted by Gasteiger charge is -2.34. The molecule has 92 valence electrons. The molecule has 0 radical (unpaired) electrons. The van der Waals surface area contributed by atoms with Gasteiger partial charge in [0.05, 0.1) is 10.6 Å². The van der Waals surface area contributed by atoms with Gasteiger partial charge in [0, 0.05) is 41.4 Å². The Kier molecular flexibility index (Phi) is 3.82. The molecule has 1 heterocycles. The van der Waals surface area contributed by atoms with Gasteiger partial charge in [0.1, 0.15) is 0 Å². The highest BCUT2D eigenvalue weighted by molar-refractivity contribution is 14.1. The molecule has 0 saturated carbocycles. The number of anilines is 1. The van der Waals surface area contributed by atoms with E-state index in [1.54, 1.807) is 12.1 Å². The van der Waals surface area contributed by atoms with Crippen molar-refractivity contribution in [1.29, 1.82) is 0 Å². The Morgan fingerprint density at radius 3 is 2.94 bits per heavy atom. The lowest BCUT2D eigenvalue weighted by atomic mass is 10.2. The van der Waals surface area contributed by atoms with Crippen LogP contribution in [-0.4, -0.2) is 30.6 Å². The predicted molar refractivity (Wildman–Crippen MR) is 75.5 cm³/mol. The number of piperazine rings is 1. The number of nitro benzene ring substituents is 1. The summed E-state index contributed by atoms with van der Waals surface area (Å²) >= 11 is 2.16. The standard InChI is InChI=1S/C11H14IN3O2/c1-8-7-14(5-4-13-8)11-3-2-9(15(16)17)6-10(11)12/h2-3,6,8,13H,4-5,7H2,1H3/t8-/m1/s1. The van der Waals surface area contributed by atoms with Crippen molar-refractivity contribution in [2.75, 3.05) is 24.5 Å². The van der Waals surface area contributed by atoms with Gasteiger partial charge in [-0.3, -0.25) is 10.1 Å². The Hall–Kier alpha value is -0.890. The minimum absolute atomic E-state index is 0.154. The minimum atomic E-state index is -0.355. The van der Waals surface area contributed by atoms with Crippen LogP contribution in [0.1, 0.15) is 6.92 Å². The average molecular weight is 347 g/mol. The first-order valence-corrected chi connectivity index (χ1v) is 6.58. The first kappa shape index (κ1) is 12.6. The number of nitro groups is 1. The third-order valence-electron chi connectivity index (χ3n) is 2.85. The normalized spacial score (nSPS) is 20.4. The van der Waals surface area contributed by atoms with Crippen molar-refractivity contribution in [3.63, 3.8) is 0 Å². The molecule has 1 aliphatic rings. The van der Waals surface area contributed by atoms with E-state index < -0.39 is 0 Å². The van der Waals surface area contributed by atoms with Gasteiger partial charge in [-0.1, -0.05) is 0 Å². The zero-order valence-electron chi connectivity index (χ0n) is 9.52. The number of halogens is 1. The summed E-state index contributed by atoms with van der Waals surface area (Å²) in [6, 6.07) is 5.50. The van der Waals surface area contributed by atoms with Crippen LogP contribution in [-0.2, 0) is 0 Å². The van der Waals surface area contributed by atoms with Crippen LogP contribution in [0.2, 0.25) is 0 Å². The lowest BCUT2D eigenvalue weighted by Crippen LogP contribution is -2.49. The van der Waals surface area contributed by atoms with Crippen LogP contribution < -0.4 is 10.2 Å². The van der Waals surface area contributed by atoms with Crippen LogP contribution in [0.15, 0.2) is 18.2 Å². The molecule has 1 aliphatic heterocycles. The monoisotopic (exact) mass is 347 g/mol. The van der Waals surface area contributed by atoms with Crippen molar-refractivity contribution in [3.05, 3.63) is 31.9 Å². The van der Waals surface area contributed by atoms with Crippen LogP contribution in [0.5, 0.6) is 0 Å². The number of non-ortho nitro benzene ring substituents is 1. The van der Waals surface area contributed by atoms with Crippen LogP contribution in [0.3, 0.4) is 0 Å². The lowest BCUT2D eigenvalue weighted by molar-refractivity contribution is -0.384. The van der Waals surface area contributed by atoms with E-state index >= 15 is 0 Å². The zero-order chi connectivity index (χ0) is 12.4. The summed E-state index contributed by atoms with van der Waals surface area (Å²) in [6.45, 7) is 4.98. The van der Waals surface area contributed by atoms with Gasteiger partial charge in [0.15, 0.2) is 0 Å². The minimum Gasteiger partial charge on any atom is -0.368 e. The molecule has 5 nitrogen and oxygen atoms in total. The van der Waals surface area contributed by atoms with E-state index in [-0.39, 0.29) is 10.6 Å². The highest BCUT2D eigenvalue weighted by atomic mass is 127. The molecule has 0 bridgehead atoms. The first-order chi connectivity index (χ1) is 8.08. The van der Waals surface area contributed by atoms with Crippen molar-refractivity contribution >= 4 is 34.0 Å². The van der Waals surface area contributed by atoms with Crippen molar-refractivity contribution < 1.29 is 4.92 Å². The molecule has 1 N–H and O–H groups in total. The number of nitrogens with zero attached hydrogens (tertiary/aromatic N) is 2. The number of hydrogen-bond donors (Lipinski definition) is 1. The molecule has 0 aliphatic carbocycles. The maximum atomic E-state index is 10.7. The summed E-state index contributed by atoms with van der Waals surface area (Å²) in [7, 11) is 0. The average Bonchev–Trinajstić information content (AvgIpc) is 2.28. The zero-order valence-corrected chi connectivity index (χ0v) is 11.7. The third-order valence-corrected chi connectivity index (χ3v) is 3.72. The molecular weight excluding hydrogens is 333 g/mol. The van der Waals surface area contributed by atoms with E-state index in [4.69, 9.17) is 0 Å². The van der Waals surface area contributed by atoms with E-state index in [1.807, 2.05) is 6.07 Å². The quantitative estimate of drug-likeness (QED) is 0.505. The summed E-state index contributed by atoms with van der Waals surface area (Å²) in [5.41, 5.74) is 1.24. The summed E-state index contributed by atoms with van der Waals surface area (Å²) < 4.78 is 0.936. The van der Waals surface area contributed by atoms with E-state index in [2.05, 4.69) is 39.7 Å². The SMILES string of the molecule is C[C@@H]1CN(c2ccc([N+](=O)[O-])cc2I)CCN1.